The third kappa shape index (κ3) is 4.15. The number of aromatic nitrogens is 3. The zero-order valence-corrected chi connectivity index (χ0v) is 18.3. The SMILES string of the molecule is C[C@@H]1CC[C@H](CCc2nc3c(-c4ccc(CO)c(F)c4)cnn3c(N)c2S(C)(=O)=O)N1. The molecule has 166 valence electrons. The Morgan fingerprint density at radius 1 is 1.35 bits per heavy atom. The van der Waals surface area contributed by atoms with E-state index in [1.54, 1.807) is 6.07 Å². The number of benzene rings is 1. The van der Waals surface area contributed by atoms with E-state index in [2.05, 4.69) is 22.3 Å². The highest BCUT2D eigenvalue weighted by atomic mass is 32.2. The lowest BCUT2D eigenvalue weighted by atomic mass is 10.1. The molecule has 2 aromatic heterocycles. The van der Waals surface area contributed by atoms with Crippen LogP contribution in [0.25, 0.3) is 16.8 Å². The van der Waals surface area contributed by atoms with Gasteiger partial charge in [0.1, 0.15) is 16.5 Å². The number of nitrogens with two attached hydrogens (primary N) is 1. The van der Waals surface area contributed by atoms with Gasteiger partial charge in [-0.2, -0.15) is 9.61 Å². The highest BCUT2D eigenvalue weighted by Crippen LogP contribution is 2.31. The van der Waals surface area contributed by atoms with Crippen molar-refractivity contribution in [3.63, 3.8) is 0 Å². The van der Waals surface area contributed by atoms with E-state index < -0.39 is 22.3 Å². The van der Waals surface area contributed by atoms with Crippen LogP contribution in [0, 0.1) is 5.82 Å². The first kappa shape index (κ1) is 21.7. The second-order valence-corrected chi connectivity index (χ2v) is 10.1. The van der Waals surface area contributed by atoms with Crippen molar-refractivity contribution >= 4 is 21.3 Å². The highest BCUT2D eigenvalue weighted by Gasteiger charge is 2.26. The van der Waals surface area contributed by atoms with E-state index in [4.69, 9.17) is 5.73 Å². The summed E-state index contributed by atoms with van der Waals surface area (Å²) in [5.41, 5.74) is 8.23. The molecule has 1 saturated heterocycles. The summed E-state index contributed by atoms with van der Waals surface area (Å²) in [7, 11) is -3.64. The molecule has 4 rings (SSSR count). The van der Waals surface area contributed by atoms with Gasteiger partial charge in [-0.1, -0.05) is 12.1 Å². The smallest absolute Gasteiger partial charge is 0.180 e. The summed E-state index contributed by atoms with van der Waals surface area (Å²) < 4.78 is 40.5. The predicted octanol–water partition coefficient (Wildman–Crippen LogP) is 2.09. The first-order valence-electron chi connectivity index (χ1n) is 10.2. The molecule has 10 heteroatoms. The van der Waals surface area contributed by atoms with Gasteiger partial charge < -0.3 is 16.2 Å². The normalized spacial score (nSPS) is 19.4. The van der Waals surface area contributed by atoms with E-state index in [9.17, 15) is 17.9 Å². The Kier molecular flexibility index (Phi) is 5.71. The van der Waals surface area contributed by atoms with Gasteiger partial charge in [-0.3, -0.25) is 0 Å². The number of anilines is 1. The van der Waals surface area contributed by atoms with E-state index in [0.29, 0.717) is 41.0 Å². The van der Waals surface area contributed by atoms with Crippen molar-refractivity contribution in [3.8, 4) is 11.1 Å². The van der Waals surface area contributed by atoms with Crippen LogP contribution in [0.15, 0.2) is 29.3 Å². The van der Waals surface area contributed by atoms with Gasteiger partial charge >= 0.3 is 0 Å². The number of aryl methyl sites for hydroxylation is 1. The summed E-state index contributed by atoms with van der Waals surface area (Å²) in [4.78, 5) is 4.62. The molecule has 0 unspecified atom stereocenters. The maximum absolute atomic E-state index is 14.2. The fraction of sp³-hybridized carbons (Fsp3) is 0.429. The van der Waals surface area contributed by atoms with Crippen molar-refractivity contribution in [1.82, 2.24) is 19.9 Å². The molecule has 3 heterocycles. The zero-order chi connectivity index (χ0) is 22.3. The summed E-state index contributed by atoms with van der Waals surface area (Å²) in [6, 6.07) is 5.20. The zero-order valence-electron chi connectivity index (χ0n) is 17.5. The minimum absolute atomic E-state index is 0.00560. The maximum atomic E-state index is 14.2. The molecule has 0 radical (unpaired) electrons. The molecule has 8 nitrogen and oxygen atoms in total. The lowest BCUT2D eigenvalue weighted by Gasteiger charge is -2.15. The van der Waals surface area contributed by atoms with Crippen LogP contribution in [0.3, 0.4) is 0 Å². The Balaban J connectivity index is 1.81. The van der Waals surface area contributed by atoms with Crippen molar-refractivity contribution in [1.29, 1.82) is 0 Å². The molecule has 0 spiro atoms. The van der Waals surface area contributed by atoms with Crippen molar-refractivity contribution in [2.45, 2.75) is 56.2 Å². The van der Waals surface area contributed by atoms with Gasteiger partial charge in [0.25, 0.3) is 0 Å². The second-order valence-electron chi connectivity index (χ2n) is 8.18. The van der Waals surface area contributed by atoms with Crippen molar-refractivity contribution in [2.24, 2.45) is 0 Å². The van der Waals surface area contributed by atoms with E-state index in [1.165, 1.54) is 22.8 Å². The first-order valence-corrected chi connectivity index (χ1v) is 12.1. The van der Waals surface area contributed by atoms with Gasteiger partial charge in [0.05, 0.1) is 18.5 Å². The van der Waals surface area contributed by atoms with Crippen molar-refractivity contribution < 1.29 is 17.9 Å². The summed E-state index contributed by atoms with van der Waals surface area (Å²) in [6.45, 7) is 1.73. The molecule has 0 aliphatic carbocycles. The number of halogens is 1. The van der Waals surface area contributed by atoms with E-state index in [1.807, 2.05) is 0 Å². The first-order chi connectivity index (χ1) is 14.7. The average molecular weight is 448 g/mol. The van der Waals surface area contributed by atoms with Crippen LogP contribution in [-0.4, -0.2) is 46.5 Å². The topological polar surface area (TPSA) is 123 Å². The third-order valence-electron chi connectivity index (χ3n) is 5.81. The average Bonchev–Trinajstić information content (AvgIpc) is 3.31. The Bertz CT molecular complexity index is 1240. The van der Waals surface area contributed by atoms with E-state index in [-0.39, 0.29) is 16.3 Å². The van der Waals surface area contributed by atoms with Gasteiger partial charge in [-0.15, -0.1) is 0 Å². The van der Waals surface area contributed by atoms with Gasteiger partial charge in [0, 0.05) is 29.5 Å². The number of nitrogen functional groups attached to an aromatic ring is 1. The number of nitrogens with one attached hydrogen (secondary N) is 1. The Morgan fingerprint density at radius 3 is 2.74 bits per heavy atom. The lowest BCUT2D eigenvalue weighted by Crippen LogP contribution is -2.27. The van der Waals surface area contributed by atoms with Crippen LogP contribution < -0.4 is 11.1 Å². The Morgan fingerprint density at radius 2 is 2.13 bits per heavy atom. The standard InChI is InChI=1S/C21H26FN5O3S/c1-12-3-6-15(25-12)7-8-18-19(31(2,29)30)20(23)27-21(26-18)16(10-24-27)13-4-5-14(11-28)17(22)9-13/h4-5,9-10,12,15,25,28H,3,6-8,11,23H2,1-2H3/t12-,15-/m1/s1. The molecular formula is C21H26FN5O3S. The van der Waals surface area contributed by atoms with E-state index >= 15 is 0 Å². The van der Waals surface area contributed by atoms with Crippen LogP contribution in [0.2, 0.25) is 0 Å². The largest absolute Gasteiger partial charge is 0.392 e. The molecule has 1 fully saturated rings. The molecule has 0 bridgehead atoms. The number of hydrogen-bond donors (Lipinski definition) is 3. The minimum atomic E-state index is -3.64. The molecule has 31 heavy (non-hydrogen) atoms. The fourth-order valence-corrected chi connectivity index (χ4v) is 5.27. The van der Waals surface area contributed by atoms with Crippen LogP contribution in [0.5, 0.6) is 0 Å². The van der Waals surface area contributed by atoms with E-state index in [0.717, 1.165) is 25.5 Å². The number of sulfone groups is 1. The van der Waals surface area contributed by atoms with Crippen molar-refractivity contribution in [2.75, 3.05) is 12.0 Å². The van der Waals surface area contributed by atoms with Gasteiger partial charge in [-0.25, -0.2) is 17.8 Å². The van der Waals surface area contributed by atoms with Crippen LogP contribution >= 0.6 is 0 Å². The maximum Gasteiger partial charge on any atom is 0.180 e. The fourth-order valence-electron chi connectivity index (χ4n) is 4.23. The second kappa shape index (κ2) is 8.18. The summed E-state index contributed by atoms with van der Waals surface area (Å²) >= 11 is 0. The molecule has 0 amide bonds. The summed E-state index contributed by atoms with van der Waals surface area (Å²) in [5.74, 6) is -0.546. The predicted molar refractivity (Wildman–Crippen MR) is 116 cm³/mol. The minimum Gasteiger partial charge on any atom is -0.392 e. The van der Waals surface area contributed by atoms with Gasteiger partial charge in [0.15, 0.2) is 15.5 Å². The molecular weight excluding hydrogens is 421 g/mol. The number of fused-ring (bicyclic) bond motifs is 1. The number of rotatable bonds is 6. The molecule has 1 aliphatic heterocycles. The van der Waals surface area contributed by atoms with Crippen LogP contribution in [0.1, 0.15) is 37.4 Å². The summed E-state index contributed by atoms with van der Waals surface area (Å²) in [5, 5.41) is 16.9. The monoisotopic (exact) mass is 447 g/mol. The quantitative estimate of drug-likeness (QED) is 0.529. The van der Waals surface area contributed by atoms with Crippen LogP contribution in [-0.2, 0) is 22.9 Å². The third-order valence-corrected chi connectivity index (χ3v) is 7.00. The molecule has 3 aromatic rings. The van der Waals surface area contributed by atoms with Crippen LogP contribution in [0.4, 0.5) is 10.2 Å². The Hall–Kier alpha value is -2.56. The molecule has 1 aliphatic rings. The van der Waals surface area contributed by atoms with Gasteiger partial charge in [-0.05, 0) is 44.2 Å². The number of aliphatic hydroxyl groups excluding tert-OH is 1. The highest BCUT2D eigenvalue weighted by molar-refractivity contribution is 7.91. The molecule has 2 atom stereocenters. The molecule has 0 saturated carbocycles. The number of aliphatic hydroxyl groups is 1. The molecule has 4 N–H and O–H groups in total. The lowest BCUT2D eigenvalue weighted by molar-refractivity contribution is 0.276. The Labute approximate surface area is 180 Å². The number of nitrogens with zero attached hydrogens (tertiary/aromatic N) is 3. The van der Waals surface area contributed by atoms with Crippen molar-refractivity contribution in [3.05, 3.63) is 41.5 Å². The van der Waals surface area contributed by atoms with Gasteiger partial charge in [0.2, 0.25) is 0 Å². The molecule has 1 aromatic carbocycles. The number of hydrogen-bond acceptors (Lipinski definition) is 7. The summed E-state index contributed by atoms with van der Waals surface area (Å²) in [6.07, 6.45) is 5.89.